The average Bonchev–Trinajstić information content (AvgIpc) is 3.67. The van der Waals surface area contributed by atoms with Crippen LogP contribution in [0.4, 0.5) is 0 Å². The van der Waals surface area contributed by atoms with Crippen molar-refractivity contribution in [3.8, 4) is 79.0 Å². The second-order valence-corrected chi connectivity index (χ2v) is 12.3. The fourth-order valence-corrected chi connectivity index (χ4v) is 6.33. The Morgan fingerprint density at radius 1 is 0.275 bits per heavy atom. The summed E-state index contributed by atoms with van der Waals surface area (Å²) in [5, 5.41) is 0. The van der Waals surface area contributed by atoms with E-state index in [9.17, 15) is 0 Å². The van der Waals surface area contributed by atoms with Crippen molar-refractivity contribution in [1.82, 2.24) is 19.9 Å². The topological polar surface area (TPSA) is 64.7 Å². The van der Waals surface area contributed by atoms with Crippen molar-refractivity contribution in [2.45, 2.75) is 0 Å². The SMILES string of the molecule is c1ccc(-c2ccc(-c3nc(-c4ccc(-c5ccccc5)cc4)nc(-c4ccc(-c5cccc6oc(-c7ccccc7)nc56)cc4)n3)cc2)cc1. The molecule has 0 spiro atoms. The molecule has 5 nitrogen and oxygen atoms in total. The molecule has 2 aromatic heterocycles. The predicted octanol–water partition coefficient (Wildman–Crippen LogP) is 11.7. The van der Waals surface area contributed by atoms with Gasteiger partial charge < -0.3 is 4.42 Å². The maximum Gasteiger partial charge on any atom is 0.227 e. The van der Waals surface area contributed by atoms with E-state index in [-0.39, 0.29) is 0 Å². The van der Waals surface area contributed by atoms with Gasteiger partial charge in [0, 0.05) is 27.8 Å². The second kappa shape index (κ2) is 13.1. The van der Waals surface area contributed by atoms with E-state index in [0.29, 0.717) is 23.4 Å². The van der Waals surface area contributed by atoms with Gasteiger partial charge in [-0.25, -0.2) is 19.9 Å². The summed E-state index contributed by atoms with van der Waals surface area (Å²) in [5.41, 5.74) is 11.9. The zero-order valence-corrected chi connectivity index (χ0v) is 27.5. The van der Waals surface area contributed by atoms with Crippen molar-refractivity contribution in [3.63, 3.8) is 0 Å². The van der Waals surface area contributed by atoms with Crippen LogP contribution in [0.2, 0.25) is 0 Å². The van der Waals surface area contributed by atoms with E-state index >= 15 is 0 Å². The Hall–Kier alpha value is -6.98. The third-order valence-electron chi connectivity index (χ3n) is 9.03. The largest absolute Gasteiger partial charge is 0.436 e. The van der Waals surface area contributed by atoms with E-state index in [1.165, 1.54) is 0 Å². The molecule has 51 heavy (non-hydrogen) atoms. The van der Waals surface area contributed by atoms with Crippen LogP contribution in [0.25, 0.3) is 90.1 Å². The van der Waals surface area contributed by atoms with Crippen LogP contribution < -0.4 is 0 Å². The third kappa shape index (κ3) is 6.09. The summed E-state index contributed by atoms with van der Waals surface area (Å²) in [4.78, 5) is 19.9. The highest BCUT2D eigenvalue weighted by Crippen LogP contribution is 2.34. The van der Waals surface area contributed by atoms with Crippen molar-refractivity contribution >= 4 is 11.1 Å². The van der Waals surface area contributed by atoms with Gasteiger partial charge in [0.2, 0.25) is 5.89 Å². The van der Waals surface area contributed by atoms with Crippen LogP contribution in [0, 0.1) is 0 Å². The first-order valence-electron chi connectivity index (χ1n) is 16.9. The summed E-state index contributed by atoms with van der Waals surface area (Å²) in [6.07, 6.45) is 0. The van der Waals surface area contributed by atoms with Crippen LogP contribution in [-0.2, 0) is 0 Å². The Kier molecular flexibility index (Phi) is 7.76. The second-order valence-electron chi connectivity index (χ2n) is 12.3. The van der Waals surface area contributed by atoms with Gasteiger partial charge >= 0.3 is 0 Å². The van der Waals surface area contributed by atoms with Crippen molar-refractivity contribution in [3.05, 3.63) is 182 Å². The first-order valence-corrected chi connectivity index (χ1v) is 16.9. The standard InChI is InChI=1S/C46H30N4O/c1-4-11-31(12-5-1)33-19-25-36(26-20-33)43-48-44(37-27-21-34(22-28-37)32-13-6-2-7-14-32)50-45(49-43)38-29-23-35(24-30-38)40-17-10-18-41-42(40)47-46(51-41)39-15-8-3-9-16-39/h1-30H. The summed E-state index contributed by atoms with van der Waals surface area (Å²) in [7, 11) is 0. The fourth-order valence-electron chi connectivity index (χ4n) is 6.33. The number of hydrogen-bond acceptors (Lipinski definition) is 5. The highest BCUT2D eigenvalue weighted by molar-refractivity contribution is 5.92. The summed E-state index contributed by atoms with van der Waals surface area (Å²) in [5.74, 6) is 2.44. The maximum absolute atomic E-state index is 6.15. The van der Waals surface area contributed by atoms with Crippen LogP contribution in [-0.4, -0.2) is 19.9 Å². The number of rotatable bonds is 7. The molecule has 9 rings (SSSR count). The summed E-state index contributed by atoms with van der Waals surface area (Å²) < 4.78 is 6.15. The Morgan fingerprint density at radius 2 is 0.647 bits per heavy atom. The molecule has 0 amide bonds. The lowest BCUT2D eigenvalue weighted by Gasteiger charge is -2.10. The molecular formula is C46H30N4O. The molecule has 0 saturated carbocycles. The van der Waals surface area contributed by atoms with Crippen LogP contribution in [0.5, 0.6) is 0 Å². The highest BCUT2D eigenvalue weighted by Gasteiger charge is 2.16. The van der Waals surface area contributed by atoms with Crippen molar-refractivity contribution in [1.29, 1.82) is 0 Å². The lowest BCUT2D eigenvalue weighted by atomic mass is 10.0. The first kappa shape index (κ1) is 30.1. The molecule has 0 saturated heterocycles. The number of oxazole rings is 1. The summed E-state index contributed by atoms with van der Waals surface area (Å²) >= 11 is 0. The predicted molar refractivity (Wildman–Crippen MR) is 205 cm³/mol. The highest BCUT2D eigenvalue weighted by atomic mass is 16.3. The van der Waals surface area contributed by atoms with Crippen LogP contribution in [0.1, 0.15) is 0 Å². The Balaban J connectivity index is 1.09. The molecule has 240 valence electrons. The zero-order valence-electron chi connectivity index (χ0n) is 27.5. The van der Waals surface area contributed by atoms with Gasteiger partial charge in [-0.3, -0.25) is 0 Å². The number of nitrogens with zero attached hydrogens (tertiary/aromatic N) is 4. The Morgan fingerprint density at radius 3 is 1.10 bits per heavy atom. The number of aromatic nitrogens is 4. The monoisotopic (exact) mass is 654 g/mol. The molecule has 2 heterocycles. The summed E-state index contributed by atoms with van der Waals surface area (Å²) in [6, 6.07) is 61.8. The normalized spacial score (nSPS) is 11.1. The Bertz CT molecular complexity index is 2480. The lowest BCUT2D eigenvalue weighted by Crippen LogP contribution is -2.00. The van der Waals surface area contributed by atoms with Crippen molar-refractivity contribution < 1.29 is 4.42 Å². The minimum atomic E-state index is 0.604. The van der Waals surface area contributed by atoms with Gasteiger partial charge in [-0.05, 0) is 46.0 Å². The molecule has 7 aromatic carbocycles. The minimum Gasteiger partial charge on any atom is -0.436 e. The van der Waals surface area contributed by atoms with Gasteiger partial charge in [0.1, 0.15) is 5.52 Å². The number of benzene rings is 7. The van der Waals surface area contributed by atoms with E-state index in [1.54, 1.807) is 0 Å². The molecule has 0 aliphatic heterocycles. The maximum atomic E-state index is 6.15. The molecule has 5 heteroatoms. The lowest BCUT2D eigenvalue weighted by molar-refractivity contribution is 0.620. The molecular weight excluding hydrogens is 625 g/mol. The van der Waals surface area contributed by atoms with E-state index in [4.69, 9.17) is 24.4 Å². The summed E-state index contributed by atoms with van der Waals surface area (Å²) in [6.45, 7) is 0. The third-order valence-corrected chi connectivity index (χ3v) is 9.03. The van der Waals surface area contributed by atoms with Crippen LogP contribution in [0.15, 0.2) is 186 Å². The van der Waals surface area contributed by atoms with Gasteiger partial charge in [0.05, 0.1) is 0 Å². The number of para-hydroxylation sites is 1. The van der Waals surface area contributed by atoms with Gasteiger partial charge in [-0.1, -0.05) is 164 Å². The molecule has 0 N–H and O–H groups in total. The Labute approximate surface area is 295 Å². The quantitative estimate of drug-likeness (QED) is 0.171. The fraction of sp³-hybridized carbons (Fsp3) is 0. The van der Waals surface area contributed by atoms with E-state index in [1.807, 2.05) is 54.6 Å². The molecule has 0 radical (unpaired) electrons. The van der Waals surface area contributed by atoms with Gasteiger partial charge in [-0.15, -0.1) is 0 Å². The molecule has 0 aliphatic rings. The van der Waals surface area contributed by atoms with E-state index in [2.05, 4.69) is 127 Å². The van der Waals surface area contributed by atoms with Crippen molar-refractivity contribution in [2.75, 3.05) is 0 Å². The van der Waals surface area contributed by atoms with E-state index in [0.717, 1.165) is 66.7 Å². The number of fused-ring (bicyclic) bond motifs is 1. The first-order chi connectivity index (χ1) is 25.2. The zero-order chi connectivity index (χ0) is 34.0. The van der Waals surface area contributed by atoms with Crippen LogP contribution in [0.3, 0.4) is 0 Å². The molecule has 0 atom stereocenters. The molecule has 0 bridgehead atoms. The molecule has 0 aliphatic carbocycles. The molecule has 0 unspecified atom stereocenters. The van der Waals surface area contributed by atoms with E-state index < -0.39 is 0 Å². The van der Waals surface area contributed by atoms with Gasteiger partial charge in [0.15, 0.2) is 23.1 Å². The smallest absolute Gasteiger partial charge is 0.227 e. The minimum absolute atomic E-state index is 0.604. The average molecular weight is 655 g/mol. The number of hydrogen-bond donors (Lipinski definition) is 0. The van der Waals surface area contributed by atoms with Gasteiger partial charge in [-0.2, -0.15) is 0 Å². The van der Waals surface area contributed by atoms with Crippen molar-refractivity contribution in [2.24, 2.45) is 0 Å². The van der Waals surface area contributed by atoms with Crippen LogP contribution >= 0.6 is 0 Å². The molecule has 0 fully saturated rings. The van der Waals surface area contributed by atoms with Gasteiger partial charge in [0.25, 0.3) is 0 Å². The molecule has 9 aromatic rings.